The zero-order valence-electron chi connectivity index (χ0n) is 13.8. The number of fused-ring (bicyclic) bond motifs is 2. The van der Waals surface area contributed by atoms with Crippen molar-refractivity contribution in [1.29, 1.82) is 0 Å². The third-order valence-corrected chi connectivity index (χ3v) is 6.28. The van der Waals surface area contributed by atoms with Crippen LogP contribution >= 0.6 is 23.5 Å². The topological polar surface area (TPSA) is 59.2 Å². The maximum absolute atomic E-state index is 13.1. The molecule has 5 nitrogen and oxygen atoms in total. The van der Waals surface area contributed by atoms with Gasteiger partial charge in [-0.3, -0.25) is 9.69 Å². The maximum Gasteiger partial charge on any atom is 0.277 e. The number of nitrogens with zero attached hydrogens (tertiary/aromatic N) is 3. The second-order valence-electron chi connectivity index (χ2n) is 6.24. The molecule has 0 bridgehead atoms. The van der Waals surface area contributed by atoms with Crippen molar-refractivity contribution in [3.05, 3.63) is 54.4 Å². The van der Waals surface area contributed by atoms with Crippen LogP contribution < -0.4 is 4.90 Å². The molecule has 0 unspecified atom stereocenters. The van der Waals surface area contributed by atoms with Gasteiger partial charge in [-0.05, 0) is 37.1 Å². The number of carbonyl (C=O) groups excluding carboxylic acids is 1. The predicted molar refractivity (Wildman–Crippen MR) is 101 cm³/mol. The lowest BCUT2D eigenvalue weighted by atomic mass is 10.2. The van der Waals surface area contributed by atoms with Gasteiger partial charge in [-0.25, -0.2) is 0 Å². The zero-order valence-corrected chi connectivity index (χ0v) is 15.4. The first-order valence-corrected chi connectivity index (χ1v) is 10.2. The summed E-state index contributed by atoms with van der Waals surface area (Å²) < 4.78 is 5.65. The van der Waals surface area contributed by atoms with Crippen LogP contribution in [0.15, 0.2) is 68.0 Å². The number of rotatable bonds is 4. The highest BCUT2D eigenvalue weighted by Crippen LogP contribution is 2.48. The van der Waals surface area contributed by atoms with Crippen LogP contribution in [0, 0.1) is 0 Å². The van der Waals surface area contributed by atoms with Gasteiger partial charge in [-0.15, -0.1) is 10.2 Å². The van der Waals surface area contributed by atoms with E-state index in [0.717, 1.165) is 34.0 Å². The van der Waals surface area contributed by atoms with Gasteiger partial charge in [0.05, 0.1) is 17.1 Å². The van der Waals surface area contributed by atoms with Gasteiger partial charge in [0.25, 0.3) is 5.22 Å². The van der Waals surface area contributed by atoms with Gasteiger partial charge in [-0.2, -0.15) is 0 Å². The van der Waals surface area contributed by atoms with Crippen molar-refractivity contribution in [3.63, 3.8) is 0 Å². The van der Waals surface area contributed by atoms with Crippen molar-refractivity contribution < 1.29 is 9.21 Å². The average molecular weight is 381 g/mol. The quantitative estimate of drug-likeness (QED) is 0.601. The highest BCUT2D eigenvalue weighted by Gasteiger charge is 2.30. The van der Waals surface area contributed by atoms with E-state index in [-0.39, 0.29) is 11.7 Å². The maximum atomic E-state index is 13.1. The van der Waals surface area contributed by atoms with E-state index in [1.165, 1.54) is 11.8 Å². The fourth-order valence-electron chi connectivity index (χ4n) is 2.94. The summed E-state index contributed by atoms with van der Waals surface area (Å²) in [7, 11) is 0. The molecule has 1 amide bonds. The van der Waals surface area contributed by atoms with E-state index >= 15 is 0 Å². The van der Waals surface area contributed by atoms with E-state index in [4.69, 9.17) is 4.42 Å². The summed E-state index contributed by atoms with van der Waals surface area (Å²) >= 11 is 2.99. The molecule has 2 heterocycles. The first-order chi connectivity index (χ1) is 12.8. The van der Waals surface area contributed by atoms with E-state index < -0.39 is 0 Å². The summed E-state index contributed by atoms with van der Waals surface area (Å²) in [5.41, 5.74) is 1.84. The Bertz CT molecular complexity index is 939. The molecule has 0 radical (unpaired) electrons. The molecule has 2 aromatic carbocycles. The SMILES string of the molecule is O=C(CSc1nnc(C2CC2)o1)N1c2ccccc2Sc2ccccc21. The Balaban J connectivity index is 1.40. The van der Waals surface area contributed by atoms with E-state index in [0.29, 0.717) is 17.0 Å². The fraction of sp³-hybridized carbons (Fsp3) is 0.211. The summed E-state index contributed by atoms with van der Waals surface area (Å²) in [4.78, 5) is 17.0. The van der Waals surface area contributed by atoms with Gasteiger partial charge in [0, 0.05) is 15.7 Å². The monoisotopic (exact) mass is 381 g/mol. The van der Waals surface area contributed by atoms with Gasteiger partial charge >= 0.3 is 0 Å². The number of aromatic nitrogens is 2. The normalized spacial score (nSPS) is 15.5. The van der Waals surface area contributed by atoms with Crippen LogP contribution in [0.5, 0.6) is 0 Å². The average Bonchev–Trinajstić information content (AvgIpc) is 3.42. The van der Waals surface area contributed by atoms with Crippen LogP contribution in [0.1, 0.15) is 24.7 Å². The molecule has 3 aromatic rings. The van der Waals surface area contributed by atoms with Crippen LogP contribution in [-0.2, 0) is 4.79 Å². The molecular formula is C19H15N3O2S2. The molecule has 1 aliphatic heterocycles. The van der Waals surface area contributed by atoms with Gasteiger partial charge in [0.15, 0.2) is 0 Å². The lowest BCUT2D eigenvalue weighted by Gasteiger charge is -2.30. The van der Waals surface area contributed by atoms with Crippen molar-refractivity contribution in [2.45, 2.75) is 33.8 Å². The van der Waals surface area contributed by atoms with Crippen LogP contribution in [-0.4, -0.2) is 21.9 Å². The Hall–Kier alpha value is -2.25. The summed E-state index contributed by atoms with van der Waals surface area (Å²) in [6.07, 6.45) is 2.23. The molecule has 5 rings (SSSR count). The molecule has 7 heteroatoms. The smallest absolute Gasteiger partial charge is 0.277 e. The number of thioether (sulfide) groups is 1. The lowest BCUT2D eigenvalue weighted by Crippen LogP contribution is -2.29. The summed E-state index contributed by atoms with van der Waals surface area (Å²) in [5.74, 6) is 1.37. The molecule has 0 N–H and O–H groups in total. The zero-order chi connectivity index (χ0) is 17.5. The number of hydrogen-bond donors (Lipinski definition) is 0. The molecule has 0 spiro atoms. The first kappa shape index (κ1) is 16.0. The minimum absolute atomic E-state index is 0.00127. The molecule has 1 aromatic heterocycles. The second kappa shape index (κ2) is 6.48. The summed E-state index contributed by atoms with van der Waals surface area (Å²) in [6.45, 7) is 0. The molecule has 1 aliphatic carbocycles. The van der Waals surface area contributed by atoms with Crippen molar-refractivity contribution in [2.24, 2.45) is 0 Å². The minimum Gasteiger partial charge on any atom is -0.416 e. The number of para-hydroxylation sites is 2. The Labute approximate surface area is 159 Å². The predicted octanol–water partition coefficient (Wildman–Crippen LogP) is 4.87. The number of benzene rings is 2. The molecule has 2 aliphatic rings. The van der Waals surface area contributed by atoms with E-state index in [1.807, 2.05) is 48.5 Å². The van der Waals surface area contributed by atoms with E-state index in [2.05, 4.69) is 10.2 Å². The number of amides is 1. The number of hydrogen-bond acceptors (Lipinski definition) is 6. The Kier molecular flexibility index (Phi) is 3.98. The summed E-state index contributed by atoms with van der Waals surface area (Å²) in [6, 6.07) is 16.0. The fourth-order valence-corrected chi connectivity index (χ4v) is 4.61. The molecule has 0 saturated heterocycles. The number of anilines is 2. The first-order valence-electron chi connectivity index (χ1n) is 8.44. The van der Waals surface area contributed by atoms with Gasteiger partial charge in [-0.1, -0.05) is 47.8 Å². The van der Waals surface area contributed by atoms with E-state index in [1.54, 1.807) is 16.7 Å². The van der Waals surface area contributed by atoms with Crippen molar-refractivity contribution in [2.75, 3.05) is 10.7 Å². The Morgan fingerprint density at radius 3 is 2.38 bits per heavy atom. The Morgan fingerprint density at radius 1 is 1.08 bits per heavy atom. The van der Waals surface area contributed by atoms with E-state index in [9.17, 15) is 4.79 Å². The van der Waals surface area contributed by atoms with Crippen LogP contribution in [0.3, 0.4) is 0 Å². The third-order valence-electron chi connectivity index (χ3n) is 4.35. The van der Waals surface area contributed by atoms with Crippen LogP contribution in [0.25, 0.3) is 0 Å². The highest BCUT2D eigenvalue weighted by atomic mass is 32.2. The molecule has 1 saturated carbocycles. The minimum atomic E-state index is 0.00127. The van der Waals surface area contributed by atoms with Gasteiger partial charge < -0.3 is 4.42 Å². The standard InChI is InChI=1S/C19H15N3O2S2/c23-17(11-25-19-21-20-18(24-19)12-9-10-12)22-13-5-1-3-7-15(13)26-16-8-4-2-6-14(16)22/h1-8,12H,9-11H2. The number of carbonyl (C=O) groups is 1. The van der Waals surface area contributed by atoms with Gasteiger partial charge in [0.2, 0.25) is 11.8 Å². The molecular weight excluding hydrogens is 366 g/mol. The molecule has 130 valence electrons. The third kappa shape index (κ3) is 2.91. The largest absolute Gasteiger partial charge is 0.416 e. The second-order valence-corrected chi connectivity index (χ2v) is 8.25. The van der Waals surface area contributed by atoms with Crippen molar-refractivity contribution in [1.82, 2.24) is 10.2 Å². The molecule has 1 fully saturated rings. The van der Waals surface area contributed by atoms with Crippen molar-refractivity contribution in [3.8, 4) is 0 Å². The molecule has 0 atom stereocenters. The van der Waals surface area contributed by atoms with Gasteiger partial charge in [0.1, 0.15) is 0 Å². The van der Waals surface area contributed by atoms with Crippen molar-refractivity contribution >= 4 is 40.8 Å². The van der Waals surface area contributed by atoms with Crippen LogP contribution in [0.2, 0.25) is 0 Å². The highest BCUT2D eigenvalue weighted by molar-refractivity contribution is 8.00. The van der Waals surface area contributed by atoms with Crippen LogP contribution in [0.4, 0.5) is 11.4 Å². The molecule has 26 heavy (non-hydrogen) atoms. The summed E-state index contributed by atoms with van der Waals surface area (Å²) in [5, 5.41) is 8.60. The Morgan fingerprint density at radius 2 is 1.73 bits per heavy atom. The lowest BCUT2D eigenvalue weighted by molar-refractivity contribution is -0.115.